The molecule has 0 radical (unpaired) electrons. The summed E-state index contributed by atoms with van der Waals surface area (Å²) < 4.78 is 0. The van der Waals surface area contributed by atoms with E-state index in [-0.39, 0.29) is 12.3 Å². The van der Waals surface area contributed by atoms with Gasteiger partial charge in [0.2, 0.25) is 5.91 Å². The molecule has 35 heavy (non-hydrogen) atoms. The lowest BCUT2D eigenvalue weighted by Gasteiger charge is -2.46. The molecule has 3 aromatic heterocycles. The highest BCUT2D eigenvalue weighted by atomic mass is 16.2. The van der Waals surface area contributed by atoms with Gasteiger partial charge in [-0.2, -0.15) is 0 Å². The Balaban J connectivity index is 1.59. The molecule has 11 heteroatoms. The number of aromatic nitrogens is 4. The normalized spacial score (nSPS) is 17.9. The van der Waals surface area contributed by atoms with Gasteiger partial charge >= 0.3 is 6.03 Å². The van der Waals surface area contributed by atoms with Crippen LogP contribution >= 0.6 is 0 Å². The summed E-state index contributed by atoms with van der Waals surface area (Å²) in [5.41, 5.74) is 7.85. The number of nitrogens with zero attached hydrogens (tertiary/aromatic N) is 6. The fourth-order valence-corrected chi connectivity index (χ4v) is 4.16. The third kappa shape index (κ3) is 4.93. The topological polar surface area (TPSA) is 147 Å². The molecule has 3 aromatic rings. The number of urea groups is 1. The molecule has 1 aliphatic heterocycles. The average molecular weight is 475 g/mol. The molecule has 4 rings (SSSR count). The predicted molar refractivity (Wildman–Crippen MR) is 128 cm³/mol. The number of likely N-dealkylation sites (N-methyl/N-ethyl adjacent to an activating group) is 1. The maximum absolute atomic E-state index is 13.6. The molecule has 3 atom stereocenters. The minimum absolute atomic E-state index is 0.250. The fourth-order valence-electron chi connectivity index (χ4n) is 4.16. The Morgan fingerprint density at radius 2 is 1.86 bits per heavy atom. The second kappa shape index (κ2) is 10.2. The lowest BCUT2D eigenvalue weighted by Crippen LogP contribution is -2.70. The van der Waals surface area contributed by atoms with Crippen LogP contribution in [0.4, 0.5) is 16.3 Å². The van der Waals surface area contributed by atoms with Gasteiger partial charge in [-0.05, 0) is 42.7 Å². The first-order valence-corrected chi connectivity index (χ1v) is 11.2. The lowest BCUT2D eigenvalue weighted by atomic mass is 9.81. The molecule has 1 aliphatic rings. The Morgan fingerprint density at radius 3 is 2.51 bits per heavy atom. The van der Waals surface area contributed by atoms with E-state index in [0.29, 0.717) is 23.5 Å². The van der Waals surface area contributed by atoms with Gasteiger partial charge in [0.05, 0.1) is 12.0 Å². The van der Waals surface area contributed by atoms with Crippen LogP contribution in [0.3, 0.4) is 0 Å². The van der Waals surface area contributed by atoms with E-state index in [1.807, 2.05) is 6.92 Å². The van der Waals surface area contributed by atoms with E-state index in [2.05, 4.69) is 25.3 Å². The van der Waals surface area contributed by atoms with Crippen LogP contribution in [0.25, 0.3) is 0 Å². The van der Waals surface area contributed by atoms with Crippen molar-refractivity contribution in [2.24, 2.45) is 5.92 Å². The molecular weight excluding hydrogens is 448 g/mol. The first-order chi connectivity index (χ1) is 16.9. The van der Waals surface area contributed by atoms with Gasteiger partial charge in [0.25, 0.3) is 5.91 Å². The zero-order valence-corrected chi connectivity index (χ0v) is 19.4. The maximum Gasteiger partial charge on any atom is 0.325 e. The van der Waals surface area contributed by atoms with Crippen molar-refractivity contribution < 1.29 is 14.4 Å². The van der Waals surface area contributed by atoms with Crippen molar-refractivity contribution >= 4 is 29.4 Å². The van der Waals surface area contributed by atoms with Crippen molar-refractivity contribution in [1.82, 2.24) is 30.2 Å². The van der Waals surface area contributed by atoms with Crippen LogP contribution in [0.2, 0.25) is 0 Å². The van der Waals surface area contributed by atoms with Gasteiger partial charge in [-0.3, -0.25) is 19.5 Å². The number of amides is 4. The van der Waals surface area contributed by atoms with Gasteiger partial charge in [-0.1, -0.05) is 6.92 Å². The Hall–Kier alpha value is -4.41. The number of carbonyl (C=O) groups excluding carboxylic acids is 3. The SMILES string of the molecule is CC[C@@H](NC(=O)N1C(=O)[C@H](Cc2ccnc(N)c2)[C@H]1C(=O)N(C)c1ccncc1)c1cncnc1. The summed E-state index contributed by atoms with van der Waals surface area (Å²) in [5, 5.41) is 2.85. The van der Waals surface area contributed by atoms with Crippen molar-refractivity contribution in [3.8, 4) is 0 Å². The number of carbonyl (C=O) groups is 3. The largest absolute Gasteiger partial charge is 0.384 e. The third-order valence-corrected chi connectivity index (χ3v) is 6.06. The molecule has 0 aromatic carbocycles. The Labute approximate surface area is 202 Å². The first-order valence-electron chi connectivity index (χ1n) is 11.2. The Morgan fingerprint density at radius 1 is 1.14 bits per heavy atom. The molecule has 1 fully saturated rings. The highest BCUT2D eigenvalue weighted by Crippen LogP contribution is 2.33. The summed E-state index contributed by atoms with van der Waals surface area (Å²) in [6.45, 7) is 1.90. The van der Waals surface area contributed by atoms with Gasteiger partial charge in [-0.25, -0.2) is 19.7 Å². The minimum Gasteiger partial charge on any atom is -0.384 e. The van der Waals surface area contributed by atoms with Crippen molar-refractivity contribution in [1.29, 1.82) is 0 Å². The summed E-state index contributed by atoms with van der Waals surface area (Å²) in [7, 11) is 1.61. The van der Waals surface area contributed by atoms with Gasteiger partial charge in [0.15, 0.2) is 0 Å². The van der Waals surface area contributed by atoms with Crippen molar-refractivity contribution in [3.05, 3.63) is 72.7 Å². The number of likely N-dealkylation sites (tertiary alicyclic amines) is 1. The van der Waals surface area contributed by atoms with Crippen LogP contribution in [0.1, 0.15) is 30.5 Å². The van der Waals surface area contributed by atoms with Gasteiger partial charge < -0.3 is 16.0 Å². The number of hydrogen-bond donors (Lipinski definition) is 2. The van der Waals surface area contributed by atoms with Crippen LogP contribution in [0.15, 0.2) is 61.6 Å². The Kier molecular flexibility index (Phi) is 6.95. The van der Waals surface area contributed by atoms with E-state index in [4.69, 9.17) is 5.73 Å². The minimum atomic E-state index is -0.986. The number of nitrogen functional groups attached to an aromatic ring is 1. The van der Waals surface area contributed by atoms with Crippen LogP contribution in [0, 0.1) is 5.92 Å². The molecule has 0 aliphatic carbocycles. The maximum atomic E-state index is 13.6. The van der Waals surface area contributed by atoms with Crippen molar-refractivity contribution in [2.45, 2.75) is 31.8 Å². The number of pyridine rings is 2. The number of nitrogens with one attached hydrogen (secondary N) is 1. The third-order valence-electron chi connectivity index (χ3n) is 6.06. The summed E-state index contributed by atoms with van der Waals surface area (Å²) >= 11 is 0. The van der Waals surface area contributed by atoms with Gasteiger partial charge in [0, 0.05) is 49.3 Å². The first kappa shape index (κ1) is 23.7. The molecule has 0 saturated carbocycles. The molecule has 180 valence electrons. The zero-order chi connectivity index (χ0) is 24.9. The molecule has 4 heterocycles. The van der Waals surface area contributed by atoms with Gasteiger partial charge in [0.1, 0.15) is 18.2 Å². The monoisotopic (exact) mass is 474 g/mol. The second-order valence-electron chi connectivity index (χ2n) is 8.24. The lowest BCUT2D eigenvalue weighted by molar-refractivity contribution is -0.156. The molecule has 0 unspecified atom stereocenters. The van der Waals surface area contributed by atoms with E-state index in [9.17, 15) is 14.4 Å². The standard InChI is InChI=1S/C24H26N8O3/c1-3-19(16-12-27-14-28-13-16)30-24(35)32-21(23(34)31(2)17-5-7-26-8-6-17)18(22(32)33)10-15-4-9-29-20(25)11-15/h4-9,11-14,18-19,21H,3,10H2,1-2H3,(H2,25,29)(H,30,35)/t18-,19-,21+/m1/s1. The number of hydrogen-bond acceptors (Lipinski definition) is 8. The summed E-state index contributed by atoms with van der Waals surface area (Å²) in [6.07, 6.45) is 10.1. The highest BCUT2D eigenvalue weighted by Gasteiger charge is 2.55. The van der Waals surface area contributed by atoms with E-state index in [0.717, 1.165) is 10.5 Å². The molecule has 4 amide bonds. The molecule has 11 nitrogen and oxygen atoms in total. The number of nitrogens with two attached hydrogens (primary N) is 1. The molecule has 1 saturated heterocycles. The average Bonchev–Trinajstić information content (AvgIpc) is 2.89. The smallest absolute Gasteiger partial charge is 0.325 e. The molecule has 0 bridgehead atoms. The fraction of sp³-hybridized carbons (Fsp3) is 0.292. The summed E-state index contributed by atoms with van der Waals surface area (Å²) in [4.78, 5) is 58.4. The van der Waals surface area contributed by atoms with Crippen LogP contribution in [-0.2, 0) is 16.0 Å². The van der Waals surface area contributed by atoms with Crippen molar-refractivity contribution in [2.75, 3.05) is 17.7 Å². The van der Waals surface area contributed by atoms with E-state index in [1.165, 1.54) is 11.2 Å². The van der Waals surface area contributed by atoms with Crippen LogP contribution in [-0.4, -0.2) is 55.8 Å². The van der Waals surface area contributed by atoms with Crippen molar-refractivity contribution in [3.63, 3.8) is 0 Å². The van der Waals surface area contributed by atoms with Gasteiger partial charge in [-0.15, -0.1) is 0 Å². The molecule has 3 N–H and O–H groups in total. The van der Waals surface area contributed by atoms with E-state index < -0.39 is 29.9 Å². The molecular formula is C24H26N8O3. The van der Waals surface area contributed by atoms with E-state index in [1.54, 1.807) is 62.3 Å². The highest BCUT2D eigenvalue weighted by molar-refractivity contribution is 6.12. The zero-order valence-electron chi connectivity index (χ0n) is 19.4. The Bertz CT molecular complexity index is 1210. The molecule has 0 spiro atoms. The predicted octanol–water partition coefficient (Wildman–Crippen LogP) is 1.74. The number of anilines is 2. The van der Waals surface area contributed by atoms with Crippen LogP contribution < -0.4 is 16.0 Å². The van der Waals surface area contributed by atoms with Crippen LogP contribution in [0.5, 0.6) is 0 Å². The second-order valence-corrected chi connectivity index (χ2v) is 8.24. The summed E-state index contributed by atoms with van der Waals surface area (Å²) in [5.74, 6) is -1.22. The number of rotatable bonds is 7. The number of β-lactam (4-membered cyclic amide) rings is 1. The van der Waals surface area contributed by atoms with E-state index >= 15 is 0 Å². The summed E-state index contributed by atoms with van der Waals surface area (Å²) in [6, 6.07) is 4.73. The quantitative estimate of drug-likeness (QED) is 0.492. The number of imide groups is 1.